The number of benzene rings is 3. The Morgan fingerprint density at radius 3 is 2.52 bits per heavy atom. The van der Waals surface area contributed by atoms with E-state index in [0.29, 0.717) is 12.0 Å². The lowest BCUT2D eigenvalue weighted by Gasteiger charge is -2.11. The maximum absolute atomic E-state index is 12.3. The van der Waals surface area contributed by atoms with E-state index in [1.807, 2.05) is 42.5 Å². The number of nitro benzene ring substituents is 1. The fourth-order valence-corrected chi connectivity index (χ4v) is 3.40. The Bertz CT molecular complexity index is 1040. The second kappa shape index (κ2) is 9.52. The molecule has 0 bridgehead atoms. The molecular formula is C21H16N2O5S. The highest BCUT2D eigenvalue weighted by molar-refractivity contribution is 7.99. The Labute approximate surface area is 170 Å². The molecule has 146 valence electrons. The zero-order valence-electron chi connectivity index (χ0n) is 15.1. The summed E-state index contributed by atoms with van der Waals surface area (Å²) >= 11 is 1.50. The van der Waals surface area contributed by atoms with Gasteiger partial charge in [0.15, 0.2) is 12.4 Å². The van der Waals surface area contributed by atoms with Crippen LogP contribution in [-0.2, 0) is 4.79 Å². The number of nitrogens with one attached hydrogen (secondary N) is 1. The number of nitro groups is 1. The molecule has 29 heavy (non-hydrogen) atoms. The molecule has 0 aliphatic heterocycles. The molecule has 0 aliphatic rings. The van der Waals surface area contributed by atoms with Crippen LogP contribution in [0.5, 0.6) is 5.75 Å². The summed E-state index contributed by atoms with van der Waals surface area (Å²) in [5.74, 6) is -0.539. The van der Waals surface area contributed by atoms with E-state index in [2.05, 4.69) is 5.32 Å². The SMILES string of the molecule is O=Cc1ccc(OCC(=O)Nc2ccccc2Sc2ccccc2)c([N+](=O)[O-])c1. The Balaban J connectivity index is 1.68. The average Bonchev–Trinajstić information content (AvgIpc) is 2.74. The number of hydrogen-bond acceptors (Lipinski definition) is 6. The maximum Gasteiger partial charge on any atom is 0.311 e. The van der Waals surface area contributed by atoms with Gasteiger partial charge in [-0.1, -0.05) is 42.1 Å². The molecule has 3 aromatic carbocycles. The van der Waals surface area contributed by atoms with Crippen molar-refractivity contribution in [2.75, 3.05) is 11.9 Å². The van der Waals surface area contributed by atoms with Crippen LogP contribution in [0.1, 0.15) is 10.4 Å². The van der Waals surface area contributed by atoms with Crippen LogP contribution in [0.2, 0.25) is 0 Å². The molecule has 1 N–H and O–H groups in total. The lowest BCUT2D eigenvalue weighted by Crippen LogP contribution is -2.20. The summed E-state index contributed by atoms with van der Waals surface area (Å²) < 4.78 is 5.31. The number of para-hydroxylation sites is 1. The summed E-state index contributed by atoms with van der Waals surface area (Å²) in [6.07, 6.45) is 0.505. The van der Waals surface area contributed by atoms with Gasteiger partial charge in [-0.25, -0.2) is 0 Å². The van der Waals surface area contributed by atoms with E-state index in [9.17, 15) is 19.7 Å². The van der Waals surface area contributed by atoms with Crippen molar-refractivity contribution in [1.29, 1.82) is 0 Å². The van der Waals surface area contributed by atoms with Gasteiger partial charge in [0, 0.05) is 21.4 Å². The van der Waals surface area contributed by atoms with E-state index >= 15 is 0 Å². The van der Waals surface area contributed by atoms with E-state index in [0.717, 1.165) is 15.9 Å². The van der Waals surface area contributed by atoms with Crippen LogP contribution in [0, 0.1) is 10.1 Å². The van der Waals surface area contributed by atoms with Gasteiger partial charge in [-0.3, -0.25) is 19.7 Å². The molecule has 1 amide bonds. The minimum Gasteiger partial charge on any atom is -0.477 e. The van der Waals surface area contributed by atoms with E-state index < -0.39 is 17.4 Å². The fraction of sp³-hybridized carbons (Fsp3) is 0.0476. The summed E-state index contributed by atoms with van der Waals surface area (Å²) in [6.45, 7) is -0.411. The Morgan fingerprint density at radius 2 is 1.79 bits per heavy atom. The lowest BCUT2D eigenvalue weighted by molar-refractivity contribution is -0.385. The molecule has 0 aromatic heterocycles. The number of carbonyl (C=O) groups excluding carboxylic acids is 2. The molecule has 7 nitrogen and oxygen atoms in total. The molecule has 0 radical (unpaired) electrons. The molecule has 0 aliphatic carbocycles. The van der Waals surface area contributed by atoms with Crippen LogP contribution in [-0.4, -0.2) is 23.7 Å². The van der Waals surface area contributed by atoms with E-state index in [-0.39, 0.29) is 17.0 Å². The predicted molar refractivity (Wildman–Crippen MR) is 110 cm³/mol. The van der Waals surface area contributed by atoms with Crippen molar-refractivity contribution in [2.45, 2.75) is 9.79 Å². The first-order valence-corrected chi connectivity index (χ1v) is 9.36. The van der Waals surface area contributed by atoms with Gasteiger partial charge in [-0.05, 0) is 36.4 Å². The summed E-state index contributed by atoms with van der Waals surface area (Å²) in [7, 11) is 0. The quantitative estimate of drug-likeness (QED) is 0.333. The first-order valence-electron chi connectivity index (χ1n) is 8.55. The number of hydrogen-bond donors (Lipinski definition) is 1. The third-order valence-electron chi connectivity index (χ3n) is 3.81. The van der Waals surface area contributed by atoms with Crippen LogP contribution in [0.15, 0.2) is 82.6 Å². The molecule has 3 aromatic rings. The second-order valence-electron chi connectivity index (χ2n) is 5.85. The van der Waals surface area contributed by atoms with Gasteiger partial charge in [0.25, 0.3) is 5.91 Å². The molecule has 8 heteroatoms. The van der Waals surface area contributed by atoms with E-state index in [1.54, 1.807) is 12.1 Å². The van der Waals surface area contributed by atoms with Crippen molar-refractivity contribution < 1.29 is 19.2 Å². The number of nitrogens with zero attached hydrogens (tertiary/aromatic N) is 1. The normalized spacial score (nSPS) is 10.2. The molecule has 0 atom stereocenters. The standard InChI is InChI=1S/C21H16N2O5S/c24-13-15-10-11-19(18(12-15)23(26)27)28-14-21(25)22-17-8-4-5-9-20(17)29-16-6-2-1-3-7-16/h1-13H,14H2,(H,22,25). The highest BCUT2D eigenvalue weighted by Crippen LogP contribution is 2.33. The first kappa shape index (κ1) is 20.1. The molecule has 0 fully saturated rings. The van der Waals surface area contributed by atoms with Crippen LogP contribution in [0.25, 0.3) is 0 Å². The van der Waals surface area contributed by atoms with Gasteiger partial charge in [-0.15, -0.1) is 0 Å². The fourth-order valence-electron chi connectivity index (χ4n) is 2.48. The number of amides is 1. The van der Waals surface area contributed by atoms with E-state index in [1.165, 1.54) is 23.9 Å². The van der Waals surface area contributed by atoms with Gasteiger partial charge >= 0.3 is 5.69 Å². The third kappa shape index (κ3) is 5.43. The van der Waals surface area contributed by atoms with Crippen LogP contribution >= 0.6 is 11.8 Å². The van der Waals surface area contributed by atoms with Crippen molar-refractivity contribution in [3.8, 4) is 5.75 Å². The average molecular weight is 408 g/mol. The largest absolute Gasteiger partial charge is 0.477 e. The number of rotatable bonds is 8. The zero-order valence-corrected chi connectivity index (χ0v) is 15.9. The van der Waals surface area contributed by atoms with Crippen molar-refractivity contribution in [3.05, 3.63) is 88.5 Å². The smallest absolute Gasteiger partial charge is 0.311 e. The molecular weight excluding hydrogens is 392 g/mol. The molecule has 0 unspecified atom stereocenters. The minimum atomic E-state index is -0.661. The molecule has 0 saturated heterocycles. The third-order valence-corrected chi connectivity index (χ3v) is 4.89. The van der Waals surface area contributed by atoms with Crippen LogP contribution < -0.4 is 10.1 Å². The lowest BCUT2D eigenvalue weighted by atomic mass is 10.2. The van der Waals surface area contributed by atoms with Crippen molar-refractivity contribution >= 4 is 35.3 Å². The van der Waals surface area contributed by atoms with Crippen molar-refractivity contribution in [3.63, 3.8) is 0 Å². The Kier molecular flexibility index (Phi) is 6.59. The number of aldehydes is 1. The minimum absolute atomic E-state index is 0.0808. The van der Waals surface area contributed by atoms with Gasteiger partial charge in [-0.2, -0.15) is 0 Å². The second-order valence-corrected chi connectivity index (χ2v) is 6.97. The number of anilines is 1. The van der Waals surface area contributed by atoms with Gasteiger partial charge < -0.3 is 10.1 Å². The topological polar surface area (TPSA) is 98.5 Å². The highest BCUT2D eigenvalue weighted by Gasteiger charge is 2.17. The van der Waals surface area contributed by atoms with Gasteiger partial charge in [0.1, 0.15) is 6.29 Å². The highest BCUT2D eigenvalue weighted by atomic mass is 32.2. The van der Waals surface area contributed by atoms with Crippen LogP contribution in [0.3, 0.4) is 0 Å². The summed E-state index contributed by atoms with van der Waals surface area (Å²) in [6, 6.07) is 20.8. The number of carbonyl (C=O) groups is 2. The van der Waals surface area contributed by atoms with Crippen molar-refractivity contribution in [1.82, 2.24) is 0 Å². The maximum atomic E-state index is 12.3. The molecule has 3 rings (SSSR count). The monoisotopic (exact) mass is 408 g/mol. The summed E-state index contributed by atoms with van der Waals surface area (Å²) in [4.78, 5) is 35.5. The Morgan fingerprint density at radius 1 is 1.07 bits per heavy atom. The zero-order chi connectivity index (χ0) is 20.6. The molecule has 0 saturated carbocycles. The van der Waals surface area contributed by atoms with E-state index in [4.69, 9.17) is 4.74 Å². The molecule has 0 heterocycles. The summed E-state index contributed by atoms with van der Waals surface area (Å²) in [5.41, 5.74) is 0.392. The predicted octanol–water partition coefficient (Wildman–Crippen LogP) is 4.58. The first-order chi connectivity index (χ1) is 14.1. The van der Waals surface area contributed by atoms with Gasteiger partial charge in [0.2, 0.25) is 0 Å². The van der Waals surface area contributed by atoms with Crippen LogP contribution in [0.4, 0.5) is 11.4 Å². The van der Waals surface area contributed by atoms with Gasteiger partial charge in [0.05, 0.1) is 10.6 Å². The molecule has 0 spiro atoms. The summed E-state index contributed by atoms with van der Waals surface area (Å²) in [5, 5.41) is 13.9. The Hall–Kier alpha value is -3.65. The number of ether oxygens (including phenoxy) is 1. The van der Waals surface area contributed by atoms with Crippen molar-refractivity contribution in [2.24, 2.45) is 0 Å².